The molecule has 1 aromatic carbocycles. The van der Waals surface area contributed by atoms with E-state index in [4.69, 9.17) is 9.47 Å². The molecule has 1 fully saturated rings. The molecule has 1 saturated heterocycles. The first-order chi connectivity index (χ1) is 10.6. The number of anilines is 1. The van der Waals surface area contributed by atoms with Crippen molar-refractivity contribution in [3.05, 3.63) is 29.8 Å². The van der Waals surface area contributed by atoms with Gasteiger partial charge in [-0.1, -0.05) is 12.1 Å². The van der Waals surface area contributed by atoms with Crippen LogP contribution >= 0.6 is 0 Å². The van der Waals surface area contributed by atoms with Crippen molar-refractivity contribution in [1.82, 2.24) is 5.32 Å². The molecule has 0 aliphatic carbocycles. The Hall–Kier alpha value is -2.08. The van der Waals surface area contributed by atoms with E-state index in [0.29, 0.717) is 11.3 Å². The second kappa shape index (κ2) is 7.79. The predicted molar refractivity (Wildman–Crippen MR) is 83.0 cm³/mol. The summed E-state index contributed by atoms with van der Waals surface area (Å²) in [5.41, 5.74) is 0.761. The first-order valence-corrected chi connectivity index (χ1v) is 7.51. The van der Waals surface area contributed by atoms with Gasteiger partial charge in [0.25, 0.3) is 0 Å². The highest BCUT2D eigenvalue weighted by Crippen LogP contribution is 2.18. The van der Waals surface area contributed by atoms with Crippen LogP contribution in [0.5, 0.6) is 0 Å². The second-order valence-corrected chi connectivity index (χ2v) is 5.53. The normalized spacial score (nSPS) is 17.3. The molecule has 6 heteroatoms. The van der Waals surface area contributed by atoms with E-state index >= 15 is 0 Å². The number of esters is 1. The standard InChI is InChI=1S/C16H22N2O4/c1-11(2)17-16(20)18-14-8-4-3-7-13(14)15(19)22-10-12-6-5-9-21-12/h3-4,7-8,11-12H,5-6,9-10H2,1-2H3,(H2,17,18,20). The van der Waals surface area contributed by atoms with Gasteiger partial charge in [-0.05, 0) is 38.8 Å². The highest BCUT2D eigenvalue weighted by atomic mass is 16.6. The molecule has 2 amide bonds. The van der Waals surface area contributed by atoms with Crippen LogP contribution in [0, 0.1) is 0 Å². The lowest BCUT2D eigenvalue weighted by Crippen LogP contribution is -2.34. The summed E-state index contributed by atoms with van der Waals surface area (Å²) in [5, 5.41) is 5.38. The van der Waals surface area contributed by atoms with Gasteiger partial charge in [-0.2, -0.15) is 0 Å². The average molecular weight is 306 g/mol. The Bertz CT molecular complexity index is 525. The fourth-order valence-corrected chi connectivity index (χ4v) is 2.21. The zero-order chi connectivity index (χ0) is 15.9. The van der Waals surface area contributed by atoms with Crippen molar-refractivity contribution in [1.29, 1.82) is 0 Å². The third-order valence-electron chi connectivity index (χ3n) is 3.24. The molecule has 1 aliphatic heterocycles. The second-order valence-electron chi connectivity index (χ2n) is 5.53. The molecule has 0 aromatic heterocycles. The number of benzene rings is 1. The van der Waals surface area contributed by atoms with Crippen LogP contribution in [0.1, 0.15) is 37.0 Å². The molecular formula is C16H22N2O4. The van der Waals surface area contributed by atoms with Crippen LogP contribution in [0.25, 0.3) is 0 Å². The first kappa shape index (κ1) is 16.3. The number of hydrogen-bond donors (Lipinski definition) is 2. The minimum absolute atomic E-state index is 0.0126. The van der Waals surface area contributed by atoms with E-state index in [1.54, 1.807) is 24.3 Å². The Labute approximate surface area is 130 Å². The first-order valence-electron chi connectivity index (χ1n) is 7.51. The van der Waals surface area contributed by atoms with Gasteiger partial charge in [-0.25, -0.2) is 9.59 Å². The summed E-state index contributed by atoms with van der Waals surface area (Å²) in [6.45, 7) is 4.68. The Morgan fingerprint density at radius 3 is 2.82 bits per heavy atom. The van der Waals surface area contributed by atoms with Gasteiger partial charge in [0.2, 0.25) is 0 Å². The summed E-state index contributed by atoms with van der Waals surface area (Å²) in [4.78, 5) is 23.9. The molecule has 120 valence electrons. The largest absolute Gasteiger partial charge is 0.459 e. The molecule has 1 aliphatic rings. The Balaban J connectivity index is 1.97. The molecule has 2 rings (SSSR count). The monoisotopic (exact) mass is 306 g/mol. The highest BCUT2D eigenvalue weighted by Gasteiger charge is 2.20. The van der Waals surface area contributed by atoms with Gasteiger partial charge in [0, 0.05) is 12.6 Å². The number of urea groups is 1. The quantitative estimate of drug-likeness (QED) is 0.820. The van der Waals surface area contributed by atoms with Crippen LogP contribution in [0.3, 0.4) is 0 Å². The summed E-state index contributed by atoms with van der Waals surface area (Å²) < 4.78 is 10.7. The lowest BCUT2D eigenvalue weighted by molar-refractivity contribution is 0.0162. The summed E-state index contributed by atoms with van der Waals surface area (Å²) >= 11 is 0. The van der Waals surface area contributed by atoms with Crippen LogP contribution in [0.2, 0.25) is 0 Å². The number of hydrogen-bond acceptors (Lipinski definition) is 4. The van der Waals surface area contributed by atoms with Crippen molar-refractivity contribution in [3.63, 3.8) is 0 Å². The third-order valence-corrected chi connectivity index (χ3v) is 3.24. The molecule has 0 radical (unpaired) electrons. The van der Waals surface area contributed by atoms with Crippen LogP contribution in [0.15, 0.2) is 24.3 Å². The van der Waals surface area contributed by atoms with E-state index in [9.17, 15) is 9.59 Å². The van der Waals surface area contributed by atoms with Crippen molar-refractivity contribution in [3.8, 4) is 0 Å². The van der Waals surface area contributed by atoms with Gasteiger partial charge >= 0.3 is 12.0 Å². The van der Waals surface area contributed by atoms with Gasteiger partial charge in [-0.15, -0.1) is 0 Å². The third kappa shape index (κ3) is 4.73. The number of nitrogens with one attached hydrogen (secondary N) is 2. The summed E-state index contributed by atoms with van der Waals surface area (Å²) in [5.74, 6) is -0.462. The van der Waals surface area contributed by atoms with Gasteiger partial charge in [0.1, 0.15) is 6.61 Å². The van der Waals surface area contributed by atoms with Crippen molar-refractivity contribution in [2.24, 2.45) is 0 Å². The zero-order valence-corrected chi connectivity index (χ0v) is 12.9. The molecule has 2 N–H and O–H groups in total. The van der Waals surface area contributed by atoms with E-state index in [1.165, 1.54) is 0 Å². The number of carbonyl (C=O) groups excluding carboxylic acids is 2. The minimum atomic E-state index is -0.462. The van der Waals surface area contributed by atoms with Gasteiger partial charge in [0.05, 0.1) is 17.4 Å². The maximum Gasteiger partial charge on any atom is 0.340 e. The van der Waals surface area contributed by atoms with E-state index in [1.807, 2.05) is 13.8 Å². The fraction of sp³-hybridized carbons (Fsp3) is 0.500. The smallest absolute Gasteiger partial charge is 0.340 e. The molecule has 0 spiro atoms. The van der Waals surface area contributed by atoms with E-state index in [0.717, 1.165) is 19.4 Å². The number of rotatable bonds is 5. The van der Waals surface area contributed by atoms with Gasteiger partial charge in [-0.3, -0.25) is 0 Å². The van der Waals surface area contributed by atoms with E-state index in [-0.39, 0.29) is 24.8 Å². The summed E-state index contributed by atoms with van der Waals surface area (Å²) in [6, 6.07) is 6.44. The molecule has 1 unspecified atom stereocenters. The van der Waals surface area contributed by atoms with E-state index < -0.39 is 5.97 Å². The van der Waals surface area contributed by atoms with Crippen LogP contribution in [-0.4, -0.2) is 37.4 Å². The molecule has 1 heterocycles. The lowest BCUT2D eigenvalue weighted by Gasteiger charge is -2.14. The maximum atomic E-state index is 12.2. The molecule has 0 saturated carbocycles. The van der Waals surface area contributed by atoms with Crippen molar-refractivity contribution >= 4 is 17.7 Å². The molecule has 1 atom stereocenters. The number of ether oxygens (including phenoxy) is 2. The SMILES string of the molecule is CC(C)NC(=O)Nc1ccccc1C(=O)OCC1CCCO1. The Morgan fingerprint density at radius 1 is 1.36 bits per heavy atom. The molecule has 0 bridgehead atoms. The molecule has 6 nitrogen and oxygen atoms in total. The fourth-order valence-electron chi connectivity index (χ4n) is 2.21. The van der Waals surface area contributed by atoms with Gasteiger partial charge in [0.15, 0.2) is 0 Å². The van der Waals surface area contributed by atoms with Gasteiger partial charge < -0.3 is 20.1 Å². The predicted octanol–water partition coefficient (Wildman–Crippen LogP) is 2.55. The molecule has 1 aromatic rings. The Kier molecular flexibility index (Phi) is 5.77. The lowest BCUT2D eigenvalue weighted by atomic mass is 10.2. The Morgan fingerprint density at radius 2 is 2.14 bits per heavy atom. The number of amides is 2. The zero-order valence-electron chi connectivity index (χ0n) is 12.9. The summed E-state index contributed by atoms with van der Waals surface area (Å²) in [6.07, 6.45) is 1.88. The van der Waals surface area contributed by atoms with Crippen LogP contribution in [0.4, 0.5) is 10.5 Å². The molecular weight excluding hydrogens is 284 g/mol. The number of para-hydroxylation sites is 1. The average Bonchev–Trinajstić information content (AvgIpc) is 2.97. The topological polar surface area (TPSA) is 76.7 Å². The van der Waals surface area contributed by atoms with Crippen molar-refractivity contribution < 1.29 is 19.1 Å². The van der Waals surface area contributed by atoms with Crippen LogP contribution < -0.4 is 10.6 Å². The maximum absolute atomic E-state index is 12.2. The van der Waals surface area contributed by atoms with Crippen LogP contribution in [-0.2, 0) is 9.47 Å². The van der Waals surface area contributed by atoms with Crippen molar-refractivity contribution in [2.75, 3.05) is 18.5 Å². The summed E-state index contributed by atoms with van der Waals surface area (Å²) in [7, 11) is 0. The minimum Gasteiger partial charge on any atom is -0.459 e. The van der Waals surface area contributed by atoms with E-state index in [2.05, 4.69) is 10.6 Å². The molecule has 22 heavy (non-hydrogen) atoms. The van der Waals surface area contributed by atoms with Crippen molar-refractivity contribution in [2.45, 2.75) is 38.8 Å². The highest BCUT2D eigenvalue weighted by molar-refractivity contribution is 6.00. The number of carbonyl (C=O) groups is 2.